The van der Waals surface area contributed by atoms with Crippen LogP contribution in [0.5, 0.6) is 0 Å². The molecule has 0 saturated heterocycles. The maximum atomic E-state index is 3.59. The molecular formula is C15H31N. The van der Waals surface area contributed by atoms with Crippen LogP contribution in [0.15, 0.2) is 0 Å². The summed E-state index contributed by atoms with van der Waals surface area (Å²) in [6.45, 7) is 9.64. The van der Waals surface area contributed by atoms with Crippen LogP contribution in [0.1, 0.15) is 66.2 Å². The Balaban J connectivity index is 2.62. The van der Waals surface area contributed by atoms with Crippen molar-refractivity contribution in [2.24, 2.45) is 17.3 Å². The Morgan fingerprint density at radius 3 is 2.50 bits per heavy atom. The van der Waals surface area contributed by atoms with Gasteiger partial charge in [-0.15, -0.1) is 0 Å². The molecule has 0 amide bonds. The first-order chi connectivity index (χ1) is 7.51. The molecule has 0 spiro atoms. The molecule has 1 fully saturated rings. The van der Waals surface area contributed by atoms with Gasteiger partial charge in [-0.25, -0.2) is 0 Å². The van der Waals surface area contributed by atoms with E-state index >= 15 is 0 Å². The number of nitrogens with one attached hydrogen (secondary N) is 1. The Labute approximate surface area is 102 Å². The molecule has 1 N–H and O–H groups in total. The second-order valence-corrected chi connectivity index (χ2v) is 6.49. The SMILES string of the molecule is CCC(C)CC(NC)C1CCCCC1(C)C. The van der Waals surface area contributed by atoms with Crippen molar-refractivity contribution >= 4 is 0 Å². The van der Waals surface area contributed by atoms with Crippen molar-refractivity contribution in [1.29, 1.82) is 0 Å². The summed E-state index contributed by atoms with van der Waals surface area (Å²) in [5.41, 5.74) is 0.541. The van der Waals surface area contributed by atoms with Crippen molar-refractivity contribution in [3.8, 4) is 0 Å². The smallest absolute Gasteiger partial charge is 0.00999 e. The Morgan fingerprint density at radius 1 is 1.31 bits per heavy atom. The zero-order chi connectivity index (χ0) is 12.2. The summed E-state index contributed by atoms with van der Waals surface area (Å²) in [6.07, 6.45) is 8.37. The zero-order valence-corrected chi connectivity index (χ0v) is 12.0. The van der Waals surface area contributed by atoms with Crippen LogP contribution in [0.3, 0.4) is 0 Å². The van der Waals surface area contributed by atoms with Gasteiger partial charge >= 0.3 is 0 Å². The van der Waals surface area contributed by atoms with Gasteiger partial charge in [-0.3, -0.25) is 0 Å². The highest BCUT2D eigenvalue weighted by molar-refractivity contribution is 4.90. The first-order valence-corrected chi connectivity index (χ1v) is 7.18. The van der Waals surface area contributed by atoms with E-state index < -0.39 is 0 Å². The van der Waals surface area contributed by atoms with Gasteiger partial charge in [-0.1, -0.05) is 47.0 Å². The molecule has 0 aromatic heterocycles. The zero-order valence-electron chi connectivity index (χ0n) is 12.0. The van der Waals surface area contributed by atoms with Gasteiger partial charge in [0, 0.05) is 6.04 Å². The summed E-state index contributed by atoms with van der Waals surface area (Å²) < 4.78 is 0. The number of hydrogen-bond donors (Lipinski definition) is 1. The fraction of sp³-hybridized carbons (Fsp3) is 1.00. The third kappa shape index (κ3) is 3.48. The van der Waals surface area contributed by atoms with E-state index in [2.05, 4.69) is 40.1 Å². The summed E-state index contributed by atoms with van der Waals surface area (Å²) in [7, 11) is 2.15. The van der Waals surface area contributed by atoms with E-state index in [1.807, 2.05) is 0 Å². The van der Waals surface area contributed by atoms with Gasteiger partial charge in [0.2, 0.25) is 0 Å². The molecule has 1 rings (SSSR count). The van der Waals surface area contributed by atoms with Gasteiger partial charge in [0.05, 0.1) is 0 Å². The lowest BCUT2D eigenvalue weighted by Gasteiger charge is -2.44. The van der Waals surface area contributed by atoms with Crippen LogP contribution in [0.25, 0.3) is 0 Å². The van der Waals surface area contributed by atoms with E-state index in [0.717, 1.165) is 17.9 Å². The largest absolute Gasteiger partial charge is 0.317 e. The standard InChI is InChI=1S/C15H31N/c1-6-12(2)11-14(16-5)13-9-7-8-10-15(13,3)4/h12-14,16H,6-11H2,1-5H3. The van der Waals surface area contributed by atoms with E-state index in [4.69, 9.17) is 0 Å². The molecule has 0 radical (unpaired) electrons. The van der Waals surface area contributed by atoms with Gasteiger partial charge in [-0.2, -0.15) is 0 Å². The van der Waals surface area contributed by atoms with E-state index in [1.54, 1.807) is 0 Å². The highest BCUT2D eigenvalue weighted by Crippen LogP contribution is 2.43. The van der Waals surface area contributed by atoms with E-state index in [0.29, 0.717) is 5.41 Å². The lowest BCUT2D eigenvalue weighted by atomic mass is 9.64. The van der Waals surface area contributed by atoms with E-state index in [-0.39, 0.29) is 0 Å². The lowest BCUT2D eigenvalue weighted by Crippen LogP contribution is -2.44. The molecule has 0 aromatic carbocycles. The van der Waals surface area contributed by atoms with Crippen LogP contribution in [0.2, 0.25) is 0 Å². The second-order valence-electron chi connectivity index (χ2n) is 6.49. The summed E-state index contributed by atoms with van der Waals surface area (Å²) in [6, 6.07) is 0.727. The minimum Gasteiger partial charge on any atom is -0.317 e. The fourth-order valence-corrected chi connectivity index (χ4v) is 3.35. The molecule has 1 saturated carbocycles. The van der Waals surface area contributed by atoms with Crippen LogP contribution in [-0.2, 0) is 0 Å². The Morgan fingerprint density at radius 2 is 2.00 bits per heavy atom. The molecule has 1 aliphatic carbocycles. The van der Waals surface area contributed by atoms with Crippen molar-refractivity contribution in [3.63, 3.8) is 0 Å². The molecule has 96 valence electrons. The third-order valence-corrected chi connectivity index (χ3v) is 4.80. The quantitative estimate of drug-likeness (QED) is 0.738. The molecule has 1 heteroatoms. The van der Waals surface area contributed by atoms with Crippen molar-refractivity contribution in [1.82, 2.24) is 5.32 Å². The van der Waals surface area contributed by atoms with Crippen molar-refractivity contribution in [3.05, 3.63) is 0 Å². The molecule has 0 bridgehead atoms. The number of rotatable bonds is 5. The first kappa shape index (κ1) is 14.0. The highest BCUT2D eigenvalue weighted by Gasteiger charge is 2.36. The van der Waals surface area contributed by atoms with E-state index in [1.165, 1.54) is 38.5 Å². The minimum atomic E-state index is 0.541. The molecular weight excluding hydrogens is 194 g/mol. The maximum absolute atomic E-state index is 3.59. The minimum absolute atomic E-state index is 0.541. The van der Waals surface area contributed by atoms with Crippen LogP contribution in [0.4, 0.5) is 0 Å². The molecule has 1 aliphatic rings. The van der Waals surface area contributed by atoms with Gasteiger partial charge in [0.25, 0.3) is 0 Å². The molecule has 0 aliphatic heterocycles. The van der Waals surface area contributed by atoms with Crippen molar-refractivity contribution in [2.45, 2.75) is 72.3 Å². The summed E-state index contributed by atoms with van der Waals surface area (Å²) in [5, 5.41) is 3.59. The first-order valence-electron chi connectivity index (χ1n) is 7.18. The van der Waals surface area contributed by atoms with Crippen molar-refractivity contribution < 1.29 is 0 Å². The predicted molar refractivity (Wildman–Crippen MR) is 72.7 cm³/mol. The Bertz CT molecular complexity index is 198. The van der Waals surface area contributed by atoms with Gasteiger partial charge in [0.1, 0.15) is 0 Å². The third-order valence-electron chi connectivity index (χ3n) is 4.80. The monoisotopic (exact) mass is 225 g/mol. The molecule has 3 unspecified atom stereocenters. The van der Waals surface area contributed by atoms with Crippen LogP contribution in [-0.4, -0.2) is 13.1 Å². The van der Waals surface area contributed by atoms with Gasteiger partial charge in [-0.05, 0) is 43.6 Å². The normalized spacial score (nSPS) is 28.7. The Hall–Kier alpha value is -0.0400. The summed E-state index contributed by atoms with van der Waals surface area (Å²) >= 11 is 0. The maximum Gasteiger partial charge on any atom is 0.00999 e. The molecule has 1 nitrogen and oxygen atoms in total. The highest BCUT2D eigenvalue weighted by atomic mass is 14.9. The van der Waals surface area contributed by atoms with Crippen molar-refractivity contribution in [2.75, 3.05) is 7.05 Å². The predicted octanol–water partition coefficient (Wildman–Crippen LogP) is 4.23. The average molecular weight is 225 g/mol. The van der Waals surface area contributed by atoms with E-state index in [9.17, 15) is 0 Å². The molecule has 0 aromatic rings. The van der Waals surface area contributed by atoms with Gasteiger partial charge < -0.3 is 5.32 Å². The summed E-state index contributed by atoms with van der Waals surface area (Å²) in [4.78, 5) is 0. The molecule has 16 heavy (non-hydrogen) atoms. The molecule has 3 atom stereocenters. The Kier molecular flexibility index (Phi) is 5.30. The average Bonchev–Trinajstić information content (AvgIpc) is 2.25. The van der Waals surface area contributed by atoms with Crippen LogP contribution >= 0.6 is 0 Å². The number of hydrogen-bond acceptors (Lipinski definition) is 1. The van der Waals surface area contributed by atoms with Crippen LogP contribution in [0, 0.1) is 17.3 Å². The lowest BCUT2D eigenvalue weighted by molar-refractivity contribution is 0.0914. The summed E-state index contributed by atoms with van der Waals surface area (Å²) in [5.74, 6) is 1.73. The second kappa shape index (κ2) is 6.05. The fourth-order valence-electron chi connectivity index (χ4n) is 3.35. The topological polar surface area (TPSA) is 12.0 Å². The van der Waals surface area contributed by atoms with Gasteiger partial charge in [0.15, 0.2) is 0 Å². The van der Waals surface area contributed by atoms with Crippen LogP contribution < -0.4 is 5.32 Å². The molecule has 0 heterocycles.